The van der Waals surface area contributed by atoms with Gasteiger partial charge in [-0.05, 0) is 49.0 Å². The van der Waals surface area contributed by atoms with Crippen molar-refractivity contribution in [2.24, 2.45) is 23.0 Å². The summed E-state index contributed by atoms with van der Waals surface area (Å²) in [6.07, 6.45) is 9.45. The molecule has 1 spiro atoms. The summed E-state index contributed by atoms with van der Waals surface area (Å²) >= 11 is 0. The zero-order valence-electron chi connectivity index (χ0n) is 9.63. The second-order valence-electron chi connectivity index (χ2n) is 5.60. The molecule has 2 saturated carbocycles. The molecule has 0 aromatic carbocycles. The second kappa shape index (κ2) is 3.55. The number of nitrogens with two attached hydrogens (primary N) is 1. The average Bonchev–Trinajstić information content (AvgIpc) is 2.04. The van der Waals surface area contributed by atoms with Crippen LogP contribution in [-0.4, -0.2) is 0 Å². The van der Waals surface area contributed by atoms with Crippen molar-refractivity contribution in [3.05, 3.63) is 36.6 Å². The zero-order valence-corrected chi connectivity index (χ0v) is 9.63. The summed E-state index contributed by atoms with van der Waals surface area (Å²) in [7, 11) is 0. The minimum absolute atomic E-state index is 0.613. The summed E-state index contributed by atoms with van der Waals surface area (Å²) in [5.74, 6) is 1.66. The van der Waals surface area contributed by atoms with Crippen LogP contribution >= 0.6 is 0 Å². The number of hydrogen-bond acceptors (Lipinski definition) is 1. The normalized spacial score (nSPS) is 38.7. The molecule has 2 N–H and O–H groups in total. The van der Waals surface area contributed by atoms with E-state index in [0.717, 1.165) is 5.92 Å². The molecule has 1 nitrogen and oxygen atoms in total. The molecule has 2 aliphatic carbocycles. The fourth-order valence-electron chi connectivity index (χ4n) is 3.35. The Morgan fingerprint density at radius 1 is 1.20 bits per heavy atom. The van der Waals surface area contributed by atoms with Gasteiger partial charge in [0.05, 0.1) is 0 Å². The van der Waals surface area contributed by atoms with E-state index < -0.39 is 0 Å². The fraction of sp³-hybridized carbons (Fsp3) is 0.571. The maximum absolute atomic E-state index is 5.49. The maximum Gasteiger partial charge on any atom is 0.0241 e. The minimum Gasteiger partial charge on any atom is -0.399 e. The van der Waals surface area contributed by atoms with Crippen LogP contribution in [0.3, 0.4) is 0 Å². The van der Waals surface area contributed by atoms with E-state index in [1.807, 2.05) is 12.2 Å². The van der Waals surface area contributed by atoms with Crippen molar-refractivity contribution in [1.29, 1.82) is 0 Å². The van der Waals surface area contributed by atoms with Crippen molar-refractivity contribution >= 4 is 0 Å². The summed E-state index contributed by atoms with van der Waals surface area (Å²) in [5.41, 5.74) is 8.04. The second-order valence-corrected chi connectivity index (χ2v) is 5.60. The van der Waals surface area contributed by atoms with Crippen LogP contribution in [0.4, 0.5) is 0 Å². The van der Waals surface area contributed by atoms with Gasteiger partial charge in [0.1, 0.15) is 0 Å². The Bertz CT molecular complexity index is 310. The molecule has 0 saturated heterocycles. The highest BCUT2D eigenvalue weighted by atomic mass is 14.6. The van der Waals surface area contributed by atoms with Crippen molar-refractivity contribution in [3.63, 3.8) is 0 Å². The summed E-state index contributed by atoms with van der Waals surface area (Å²) < 4.78 is 0. The molecule has 0 atom stereocenters. The van der Waals surface area contributed by atoms with Crippen molar-refractivity contribution < 1.29 is 0 Å². The van der Waals surface area contributed by atoms with Crippen molar-refractivity contribution in [2.75, 3.05) is 0 Å². The minimum atomic E-state index is 0.613. The molecule has 0 aliphatic heterocycles. The Balaban J connectivity index is 1.79. The van der Waals surface area contributed by atoms with Gasteiger partial charge in [-0.3, -0.25) is 0 Å². The Morgan fingerprint density at radius 3 is 2.27 bits per heavy atom. The SMILES string of the molecule is C=C(N)/C=C\C(=C)C1CC2(CC(C)C2)C1. The molecule has 0 unspecified atom stereocenters. The van der Waals surface area contributed by atoms with Crippen LogP contribution in [0, 0.1) is 17.3 Å². The zero-order chi connectivity index (χ0) is 11.1. The first-order chi connectivity index (χ1) is 7.01. The van der Waals surface area contributed by atoms with Gasteiger partial charge in [0, 0.05) is 5.70 Å². The molecule has 0 bridgehead atoms. The molecule has 0 heterocycles. The molecular weight excluding hydrogens is 182 g/mol. The third kappa shape index (κ3) is 2.01. The lowest BCUT2D eigenvalue weighted by Crippen LogP contribution is -2.46. The largest absolute Gasteiger partial charge is 0.399 e. The lowest BCUT2D eigenvalue weighted by molar-refractivity contribution is -0.0477. The van der Waals surface area contributed by atoms with Crippen LogP contribution in [0.2, 0.25) is 0 Å². The van der Waals surface area contributed by atoms with Crippen LogP contribution in [0.25, 0.3) is 0 Å². The maximum atomic E-state index is 5.49. The summed E-state index contributed by atoms with van der Waals surface area (Å²) in [6, 6.07) is 0. The molecule has 0 radical (unpaired) electrons. The first-order valence-corrected chi connectivity index (χ1v) is 5.82. The molecular formula is C14H21N. The smallest absolute Gasteiger partial charge is 0.0241 e. The van der Waals surface area contributed by atoms with E-state index in [9.17, 15) is 0 Å². The quantitative estimate of drug-likeness (QED) is 0.699. The molecule has 2 fully saturated rings. The van der Waals surface area contributed by atoms with E-state index in [1.165, 1.54) is 31.3 Å². The first-order valence-electron chi connectivity index (χ1n) is 5.82. The van der Waals surface area contributed by atoms with E-state index in [1.54, 1.807) is 0 Å². The molecule has 0 aromatic rings. The van der Waals surface area contributed by atoms with E-state index in [0.29, 0.717) is 17.0 Å². The van der Waals surface area contributed by atoms with Gasteiger partial charge in [0.15, 0.2) is 0 Å². The first kappa shape index (κ1) is 10.5. The molecule has 2 aliphatic rings. The summed E-state index contributed by atoms with van der Waals surface area (Å²) in [4.78, 5) is 0. The van der Waals surface area contributed by atoms with Crippen LogP contribution in [0.1, 0.15) is 32.6 Å². The van der Waals surface area contributed by atoms with Gasteiger partial charge in [-0.1, -0.05) is 31.7 Å². The van der Waals surface area contributed by atoms with Gasteiger partial charge >= 0.3 is 0 Å². The highest BCUT2D eigenvalue weighted by molar-refractivity contribution is 5.27. The predicted octanol–water partition coefficient (Wildman–Crippen LogP) is 3.40. The van der Waals surface area contributed by atoms with Crippen molar-refractivity contribution in [2.45, 2.75) is 32.6 Å². The average molecular weight is 203 g/mol. The van der Waals surface area contributed by atoms with E-state index in [4.69, 9.17) is 5.73 Å². The predicted molar refractivity (Wildman–Crippen MR) is 65.2 cm³/mol. The van der Waals surface area contributed by atoms with Crippen LogP contribution in [0.5, 0.6) is 0 Å². The number of hydrogen-bond donors (Lipinski definition) is 1. The Labute approximate surface area is 92.7 Å². The number of allylic oxidation sites excluding steroid dienone is 3. The molecule has 0 aromatic heterocycles. The molecule has 2 rings (SSSR count). The van der Waals surface area contributed by atoms with E-state index >= 15 is 0 Å². The lowest BCUT2D eigenvalue weighted by Gasteiger charge is -2.57. The van der Waals surface area contributed by atoms with Gasteiger partial charge in [-0.25, -0.2) is 0 Å². The molecule has 0 amide bonds. The topological polar surface area (TPSA) is 26.0 Å². The van der Waals surface area contributed by atoms with Gasteiger partial charge in [0.25, 0.3) is 0 Å². The van der Waals surface area contributed by atoms with Gasteiger partial charge in [-0.15, -0.1) is 0 Å². The third-order valence-electron chi connectivity index (χ3n) is 3.96. The van der Waals surface area contributed by atoms with Crippen molar-refractivity contribution in [1.82, 2.24) is 0 Å². The molecule has 82 valence electrons. The van der Waals surface area contributed by atoms with Gasteiger partial charge < -0.3 is 5.73 Å². The van der Waals surface area contributed by atoms with Crippen LogP contribution < -0.4 is 5.73 Å². The van der Waals surface area contributed by atoms with Gasteiger partial charge in [-0.2, -0.15) is 0 Å². The van der Waals surface area contributed by atoms with Crippen molar-refractivity contribution in [3.8, 4) is 0 Å². The van der Waals surface area contributed by atoms with Gasteiger partial charge in [0.2, 0.25) is 0 Å². The third-order valence-corrected chi connectivity index (χ3v) is 3.96. The van der Waals surface area contributed by atoms with Crippen LogP contribution in [0.15, 0.2) is 36.6 Å². The van der Waals surface area contributed by atoms with E-state index in [-0.39, 0.29) is 0 Å². The highest BCUT2D eigenvalue weighted by Gasteiger charge is 2.51. The standard InChI is InChI=1S/C14H21N/c1-10-6-14(7-10)8-13(9-14)11(2)4-5-12(3)15/h4-5,10,13H,2-3,6-9,15H2,1H3/b5-4-. The fourth-order valence-corrected chi connectivity index (χ4v) is 3.35. The van der Waals surface area contributed by atoms with Crippen LogP contribution in [-0.2, 0) is 0 Å². The lowest BCUT2D eigenvalue weighted by atomic mass is 9.47. The Hall–Kier alpha value is -0.980. The molecule has 1 heteroatoms. The van der Waals surface area contributed by atoms with E-state index in [2.05, 4.69) is 20.1 Å². The molecule has 15 heavy (non-hydrogen) atoms. The number of rotatable bonds is 3. The summed E-state index contributed by atoms with van der Waals surface area (Å²) in [5, 5.41) is 0. The Morgan fingerprint density at radius 2 is 1.80 bits per heavy atom. The monoisotopic (exact) mass is 203 g/mol. The Kier molecular flexibility index (Phi) is 2.49. The highest BCUT2D eigenvalue weighted by Crippen LogP contribution is 2.62. The summed E-state index contributed by atoms with van der Waals surface area (Å²) in [6.45, 7) is 10.1.